The first kappa shape index (κ1) is 16.5. The molecule has 0 spiro atoms. The normalized spacial score (nSPS) is 26.6. The van der Waals surface area contributed by atoms with Crippen molar-refractivity contribution in [3.63, 3.8) is 0 Å². The second-order valence-corrected chi connectivity index (χ2v) is 7.49. The molecule has 1 aromatic heterocycles. The van der Waals surface area contributed by atoms with Crippen molar-refractivity contribution in [3.05, 3.63) is 41.1 Å². The van der Waals surface area contributed by atoms with E-state index in [1.165, 1.54) is 0 Å². The van der Waals surface area contributed by atoms with Crippen molar-refractivity contribution < 1.29 is 9.53 Å². The molecule has 1 N–H and O–H groups in total. The number of aromatic nitrogens is 1. The second-order valence-electron chi connectivity index (χ2n) is 7.49. The zero-order valence-electron chi connectivity index (χ0n) is 15.1. The Morgan fingerprint density at radius 2 is 2.12 bits per heavy atom. The summed E-state index contributed by atoms with van der Waals surface area (Å²) in [6.45, 7) is 8.71. The van der Waals surface area contributed by atoms with Gasteiger partial charge in [0, 0.05) is 36.3 Å². The predicted molar refractivity (Wildman–Crippen MR) is 97.9 cm³/mol. The monoisotopic (exact) mass is 339 g/mol. The van der Waals surface area contributed by atoms with Gasteiger partial charge in [-0.2, -0.15) is 0 Å². The molecule has 0 saturated carbocycles. The van der Waals surface area contributed by atoms with Gasteiger partial charge < -0.3 is 10.1 Å². The molecule has 3 atom stereocenters. The van der Waals surface area contributed by atoms with Gasteiger partial charge in [0.25, 0.3) is 5.91 Å². The lowest BCUT2D eigenvalue weighted by Crippen LogP contribution is -2.45. The standard InChI is InChI=1S/C20H25N3O2/c1-12-4-5-19-17(6-12)18(7-13(2)21-19)20(24)22-15-8-16-11-25-14(3)9-23(16)10-15/h4-7,14-16H,8-11H2,1-3H3,(H,22,24)/t14-,15+,16+/m1/s1. The fourth-order valence-corrected chi connectivity index (χ4v) is 4.07. The van der Waals surface area contributed by atoms with E-state index >= 15 is 0 Å². The molecule has 5 nitrogen and oxygen atoms in total. The van der Waals surface area contributed by atoms with E-state index in [9.17, 15) is 4.79 Å². The molecule has 25 heavy (non-hydrogen) atoms. The number of rotatable bonds is 2. The first-order valence-electron chi connectivity index (χ1n) is 9.04. The Bertz CT molecular complexity index is 820. The Morgan fingerprint density at radius 3 is 2.96 bits per heavy atom. The van der Waals surface area contributed by atoms with E-state index in [1.54, 1.807) is 0 Å². The maximum absolute atomic E-state index is 13.0. The van der Waals surface area contributed by atoms with Gasteiger partial charge in [-0.3, -0.25) is 14.7 Å². The Kier molecular flexibility index (Phi) is 4.21. The summed E-state index contributed by atoms with van der Waals surface area (Å²) in [5, 5.41) is 4.17. The van der Waals surface area contributed by atoms with Crippen LogP contribution in [0.2, 0.25) is 0 Å². The minimum atomic E-state index is -0.0000798. The molecule has 2 aromatic rings. The van der Waals surface area contributed by atoms with Crippen LogP contribution in [0.25, 0.3) is 10.9 Å². The van der Waals surface area contributed by atoms with Gasteiger partial charge in [-0.15, -0.1) is 0 Å². The van der Waals surface area contributed by atoms with Crippen LogP contribution in [0.3, 0.4) is 0 Å². The number of aryl methyl sites for hydroxylation is 2. The van der Waals surface area contributed by atoms with E-state index in [1.807, 2.05) is 38.1 Å². The average Bonchev–Trinajstić information content (AvgIpc) is 2.95. The van der Waals surface area contributed by atoms with Gasteiger partial charge in [0.05, 0.1) is 23.8 Å². The van der Waals surface area contributed by atoms with Crippen LogP contribution in [0, 0.1) is 13.8 Å². The molecule has 0 unspecified atom stereocenters. The number of pyridine rings is 1. The van der Waals surface area contributed by atoms with Gasteiger partial charge in [-0.05, 0) is 45.4 Å². The van der Waals surface area contributed by atoms with Gasteiger partial charge in [0.15, 0.2) is 0 Å². The first-order valence-corrected chi connectivity index (χ1v) is 9.04. The van der Waals surface area contributed by atoms with Crippen LogP contribution < -0.4 is 5.32 Å². The summed E-state index contributed by atoms with van der Waals surface area (Å²) in [6.07, 6.45) is 1.24. The van der Waals surface area contributed by atoms with E-state index in [4.69, 9.17) is 4.74 Å². The number of fused-ring (bicyclic) bond motifs is 2. The Balaban J connectivity index is 1.56. The molecule has 132 valence electrons. The van der Waals surface area contributed by atoms with Crippen LogP contribution in [0.5, 0.6) is 0 Å². The molecule has 0 aliphatic carbocycles. The molecule has 2 aliphatic rings. The number of ether oxygens (including phenoxy) is 1. The SMILES string of the molecule is Cc1ccc2nc(C)cc(C(=O)N[C@H]3C[C@H]4CO[C@H](C)CN4C3)c2c1. The minimum absolute atomic E-state index is 0.0000798. The molecule has 5 heteroatoms. The number of morpholine rings is 1. The highest BCUT2D eigenvalue weighted by atomic mass is 16.5. The fraction of sp³-hybridized carbons (Fsp3) is 0.500. The zero-order valence-corrected chi connectivity index (χ0v) is 15.1. The number of amides is 1. The fourth-order valence-electron chi connectivity index (χ4n) is 4.07. The molecule has 2 aliphatic heterocycles. The smallest absolute Gasteiger partial charge is 0.252 e. The number of hydrogen-bond donors (Lipinski definition) is 1. The second kappa shape index (κ2) is 6.39. The van der Waals surface area contributed by atoms with Crippen LogP contribution in [0.15, 0.2) is 24.3 Å². The average molecular weight is 339 g/mol. The van der Waals surface area contributed by atoms with Crippen LogP contribution in [-0.2, 0) is 4.74 Å². The number of nitrogens with one attached hydrogen (secondary N) is 1. The molecule has 3 heterocycles. The van der Waals surface area contributed by atoms with Crippen molar-refractivity contribution in [2.45, 2.75) is 45.4 Å². The highest BCUT2D eigenvalue weighted by Gasteiger charge is 2.36. The molecule has 0 bridgehead atoms. The molecule has 2 fully saturated rings. The molecule has 1 aromatic carbocycles. The number of hydrogen-bond acceptors (Lipinski definition) is 4. The van der Waals surface area contributed by atoms with Gasteiger partial charge in [0.1, 0.15) is 0 Å². The maximum Gasteiger partial charge on any atom is 0.252 e. The lowest BCUT2D eigenvalue weighted by Gasteiger charge is -2.33. The Hall–Kier alpha value is -1.98. The van der Waals surface area contributed by atoms with Crippen LogP contribution >= 0.6 is 0 Å². The first-order chi connectivity index (χ1) is 12.0. The topological polar surface area (TPSA) is 54.5 Å². The van der Waals surface area contributed by atoms with E-state index in [0.29, 0.717) is 6.04 Å². The third kappa shape index (κ3) is 3.26. The van der Waals surface area contributed by atoms with E-state index in [-0.39, 0.29) is 18.1 Å². The van der Waals surface area contributed by atoms with Crippen molar-refractivity contribution in [1.82, 2.24) is 15.2 Å². The number of carbonyl (C=O) groups excluding carboxylic acids is 1. The molecule has 1 amide bonds. The molecular weight excluding hydrogens is 314 g/mol. The third-order valence-corrected chi connectivity index (χ3v) is 5.26. The molecule has 4 rings (SSSR count). The summed E-state index contributed by atoms with van der Waals surface area (Å²) >= 11 is 0. The molecule has 0 radical (unpaired) electrons. The van der Waals surface area contributed by atoms with Crippen LogP contribution in [-0.4, -0.2) is 53.7 Å². The van der Waals surface area contributed by atoms with Crippen molar-refractivity contribution in [1.29, 1.82) is 0 Å². The summed E-state index contributed by atoms with van der Waals surface area (Å²) in [6, 6.07) is 8.57. The highest BCUT2D eigenvalue weighted by Crippen LogP contribution is 2.24. The van der Waals surface area contributed by atoms with Crippen molar-refractivity contribution >= 4 is 16.8 Å². The largest absolute Gasteiger partial charge is 0.376 e. The van der Waals surface area contributed by atoms with Gasteiger partial charge in [0.2, 0.25) is 0 Å². The highest BCUT2D eigenvalue weighted by molar-refractivity contribution is 6.06. The van der Waals surface area contributed by atoms with Crippen LogP contribution in [0.1, 0.15) is 35.0 Å². The zero-order chi connectivity index (χ0) is 17.6. The predicted octanol–water partition coefficient (Wildman–Crippen LogP) is 2.44. The summed E-state index contributed by atoms with van der Waals surface area (Å²) < 4.78 is 5.75. The maximum atomic E-state index is 13.0. The Morgan fingerprint density at radius 1 is 1.28 bits per heavy atom. The lowest BCUT2D eigenvalue weighted by atomic mass is 10.0. The molecule has 2 saturated heterocycles. The van der Waals surface area contributed by atoms with Crippen molar-refractivity contribution in [3.8, 4) is 0 Å². The number of benzene rings is 1. The Labute approximate surface area is 148 Å². The van der Waals surface area contributed by atoms with Gasteiger partial charge in [-0.25, -0.2) is 0 Å². The summed E-state index contributed by atoms with van der Waals surface area (Å²) in [4.78, 5) is 20.0. The summed E-state index contributed by atoms with van der Waals surface area (Å²) in [5.41, 5.74) is 3.60. The van der Waals surface area contributed by atoms with Gasteiger partial charge >= 0.3 is 0 Å². The summed E-state index contributed by atoms with van der Waals surface area (Å²) in [5.74, 6) is -0.0000798. The van der Waals surface area contributed by atoms with E-state index in [2.05, 4.69) is 22.1 Å². The molecular formula is C20H25N3O2. The lowest BCUT2D eigenvalue weighted by molar-refractivity contribution is -0.0390. The van der Waals surface area contributed by atoms with Crippen molar-refractivity contribution in [2.75, 3.05) is 19.7 Å². The third-order valence-electron chi connectivity index (χ3n) is 5.26. The van der Waals surface area contributed by atoms with Crippen molar-refractivity contribution in [2.24, 2.45) is 0 Å². The summed E-state index contributed by atoms with van der Waals surface area (Å²) in [7, 11) is 0. The van der Waals surface area contributed by atoms with E-state index < -0.39 is 0 Å². The number of carbonyl (C=O) groups is 1. The number of nitrogens with zero attached hydrogens (tertiary/aromatic N) is 2. The quantitative estimate of drug-likeness (QED) is 0.913. The van der Waals surface area contributed by atoms with Crippen LogP contribution in [0.4, 0.5) is 0 Å². The van der Waals surface area contributed by atoms with E-state index in [0.717, 1.165) is 53.8 Å². The minimum Gasteiger partial charge on any atom is -0.376 e. The van der Waals surface area contributed by atoms with Gasteiger partial charge in [-0.1, -0.05) is 11.6 Å².